The van der Waals surface area contributed by atoms with Crippen LogP contribution in [0.2, 0.25) is 0 Å². The number of aliphatic carboxylic acids is 1. The van der Waals surface area contributed by atoms with Gasteiger partial charge < -0.3 is 20.6 Å². The fourth-order valence-corrected chi connectivity index (χ4v) is 8.24. The molecule has 1 unspecified atom stereocenters. The average molecular weight is 732 g/mol. The molecule has 0 aromatic heterocycles. The summed E-state index contributed by atoms with van der Waals surface area (Å²) in [4.78, 5) is 41.0. The Morgan fingerprint density at radius 1 is 0.942 bits per heavy atom. The number of allylic oxidation sites excluding steroid dienone is 5. The van der Waals surface area contributed by atoms with E-state index in [-0.39, 0.29) is 18.7 Å². The van der Waals surface area contributed by atoms with Gasteiger partial charge in [-0.2, -0.15) is 13.0 Å². The van der Waals surface area contributed by atoms with Gasteiger partial charge in [-0.3, -0.25) is 18.9 Å². The van der Waals surface area contributed by atoms with Gasteiger partial charge in [-0.05, 0) is 50.8 Å². The molecule has 0 bridgehead atoms. The maximum absolute atomic E-state index is 14.3. The third kappa shape index (κ3) is 7.78. The Balaban J connectivity index is 1.61. The molecule has 2 heterocycles. The number of Topliss-reactive ketones (excluding diaryl/α,β-unsaturated/α-hetero) is 1. The molecule has 0 saturated heterocycles. The first-order chi connectivity index (χ1) is 24.5. The highest BCUT2D eigenvalue weighted by molar-refractivity contribution is 7.85. The molecular formula is C40H51N4O7S+. The van der Waals surface area contributed by atoms with Gasteiger partial charge in [0.15, 0.2) is 11.5 Å². The van der Waals surface area contributed by atoms with Crippen molar-refractivity contribution in [1.29, 1.82) is 0 Å². The van der Waals surface area contributed by atoms with Gasteiger partial charge in [-0.25, -0.2) is 0 Å². The van der Waals surface area contributed by atoms with E-state index in [9.17, 15) is 27.4 Å². The number of hydrogen-bond acceptors (Lipinski definition) is 7. The Bertz CT molecular complexity index is 2010. The number of carboxylic acid groups (broad SMARTS) is 1. The van der Waals surface area contributed by atoms with Gasteiger partial charge in [-0.15, -0.1) is 0 Å². The Morgan fingerprint density at radius 2 is 1.62 bits per heavy atom. The van der Waals surface area contributed by atoms with Gasteiger partial charge in [0.1, 0.15) is 18.8 Å². The summed E-state index contributed by atoms with van der Waals surface area (Å²) in [5.74, 6) is -2.83. The van der Waals surface area contributed by atoms with Crippen molar-refractivity contribution in [2.75, 3.05) is 30.8 Å². The zero-order valence-corrected chi connectivity index (χ0v) is 31.8. The number of para-hydroxylation sites is 2. The highest BCUT2D eigenvalue weighted by atomic mass is 32.2. The van der Waals surface area contributed by atoms with Crippen molar-refractivity contribution >= 4 is 44.9 Å². The summed E-state index contributed by atoms with van der Waals surface area (Å²) in [5, 5.41) is 14.7. The van der Waals surface area contributed by atoms with Crippen molar-refractivity contribution in [2.45, 2.75) is 90.0 Å². The van der Waals surface area contributed by atoms with Crippen LogP contribution in [0.5, 0.6) is 0 Å². The maximum Gasteiger partial charge on any atom is 0.303 e. The summed E-state index contributed by atoms with van der Waals surface area (Å²) < 4.78 is 36.5. The number of unbranched alkanes of at least 4 members (excludes halogenated alkanes) is 3. The van der Waals surface area contributed by atoms with Crippen LogP contribution in [0, 0.1) is 0 Å². The van der Waals surface area contributed by atoms with E-state index in [0.717, 1.165) is 59.7 Å². The van der Waals surface area contributed by atoms with Crippen molar-refractivity contribution in [1.82, 2.24) is 10.6 Å². The van der Waals surface area contributed by atoms with Crippen molar-refractivity contribution in [2.24, 2.45) is 0 Å². The number of nitrogens with one attached hydrogen (secondary N) is 2. The fraction of sp³-hybridized carbons (Fsp3) is 0.450. The second-order valence-electron chi connectivity index (χ2n) is 14.9. The molecular weight excluding hydrogens is 681 g/mol. The predicted molar refractivity (Wildman–Crippen MR) is 203 cm³/mol. The standard InChI is InChI=1S/C40H50N4O7S/c1-7-8-15-22-44-32-19-12-10-17-29(32)40(4,5)34(44)24-27-36(42-30(25-52(49,50)51)38(48)41-21-14-13-20-35(45)46)26(37(27)47)23-33-39(2,3)28-16-9-11-18-31(28)43(33)6/h9-12,16-19,23-24,30H,7-8,13-15,20-22,25H2,1-6H3,(H3-,41,42,45,46,47,48,49,50,51)/p+1. The van der Waals surface area contributed by atoms with E-state index in [1.54, 1.807) is 0 Å². The van der Waals surface area contributed by atoms with E-state index in [0.29, 0.717) is 29.7 Å². The molecule has 3 aliphatic rings. The SMILES string of the molecule is CCCCCN1/C(=C/C2=C(NC(CS(=O)(=O)O)C(=O)NCCCCC(=O)O)C(=C/C3=[N+](C)c4ccccc4C3(C)C)/C2=O)C(C)(C)c2ccccc21. The lowest BCUT2D eigenvalue weighted by Gasteiger charge is -2.32. The zero-order chi connectivity index (χ0) is 38.0. The summed E-state index contributed by atoms with van der Waals surface area (Å²) in [5.41, 5.74) is 6.07. The third-order valence-corrected chi connectivity index (χ3v) is 11.2. The number of carbonyl (C=O) groups is 3. The minimum absolute atomic E-state index is 0.0626. The molecule has 2 aliphatic heterocycles. The summed E-state index contributed by atoms with van der Waals surface area (Å²) in [6, 6.07) is 14.8. The first-order valence-corrected chi connectivity index (χ1v) is 19.6. The number of benzene rings is 2. The minimum Gasteiger partial charge on any atom is -0.481 e. The molecule has 0 fully saturated rings. The summed E-state index contributed by atoms with van der Waals surface area (Å²) in [6.07, 6.45) is 7.35. The van der Waals surface area contributed by atoms with Gasteiger partial charge in [-0.1, -0.05) is 70.0 Å². The van der Waals surface area contributed by atoms with Gasteiger partial charge in [0.05, 0.1) is 16.7 Å². The molecule has 1 atom stereocenters. The van der Waals surface area contributed by atoms with Crippen LogP contribution in [0.3, 0.4) is 0 Å². The second kappa shape index (κ2) is 15.2. The average Bonchev–Trinajstić information content (AvgIpc) is 3.41. The van der Waals surface area contributed by atoms with E-state index < -0.39 is 44.6 Å². The van der Waals surface area contributed by atoms with Gasteiger partial charge >= 0.3 is 5.97 Å². The predicted octanol–water partition coefficient (Wildman–Crippen LogP) is 5.54. The number of ketones is 1. The van der Waals surface area contributed by atoms with Crippen LogP contribution in [0.25, 0.3) is 0 Å². The van der Waals surface area contributed by atoms with Crippen molar-refractivity contribution in [3.63, 3.8) is 0 Å². The molecule has 1 aliphatic carbocycles. The van der Waals surface area contributed by atoms with Crippen LogP contribution in [-0.4, -0.2) is 78.0 Å². The molecule has 5 rings (SSSR count). The van der Waals surface area contributed by atoms with E-state index >= 15 is 0 Å². The molecule has 0 radical (unpaired) electrons. The molecule has 52 heavy (non-hydrogen) atoms. The van der Waals surface area contributed by atoms with E-state index in [4.69, 9.17) is 5.11 Å². The highest BCUT2D eigenvalue weighted by Gasteiger charge is 2.47. The molecule has 278 valence electrons. The van der Waals surface area contributed by atoms with Crippen molar-refractivity contribution < 1.29 is 37.0 Å². The van der Waals surface area contributed by atoms with Gasteiger partial charge in [0, 0.05) is 59.6 Å². The number of nitrogens with zero attached hydrogens (tertiary/aromatic N) is 2. The molecule has 2 aromatic carbocycles. The first kappa shape index (κ1) is 38.7. The normalized spacial score (nSPS) is 19.5. The lowest BCUT2D eigenvalue weighted by molar-refractivity contribution is -0.401. The van der Waals surface area contributed by atoms with E-state index in [1.807, 2.05) is 54.1 Å². The van der Waals surface area contributed by atoms with E-state index in [1.165, 1.54) is 0 Å². The fourth-order valence-electron chi connectivity index (χ4n) is 7.58. The molecule has 0 spiro atoms. The summed E-state index contributed by atoms with van der Waals surface area (Å²) >= 11 is 0. The molecule has 2 aromatic rings. The maximum atomic E-state index is 14.3. The van der Waals surface area contributed by atoms with Crippen LogP contribution in [-0.2, 0) is 35.3 Å². The zero-order valence-electron chi connectivity index (χ0n) is 31.0. The van der Waals surface area contributed by atoms with Crippen LogP contribution in [0.4, 0.5) is 11.4 Å². The Labute approximate surface area is 306 Å². The number of fused-ring (bicyclic) bond motifs is 2. The number of carbonyl (C=O) groups excluding carboxylic acids is 2. The number of hydrogen-bond donors (Lipinski definition) is 4. The van der Waals surface area contributed by atoms with Gasteiger partial charge in [0.25, 0.3) is 10.1 Å². The van der Waals surface area contributed by atoms with Crippen LogP contribution in [0.15, 0.2) is 83.2 Å². The number of carboxylic acids is 1. The number of anilines is 1. The monoisotopic (exact) mass is 731 g/mol. The number of rotatable bonds is 16. The van der Waals surface area contributed by atoms with Crippen LogP contribution >= 0.6 is 0 Å². The quantitative estimate of drug-likeness (QED) is 0.0753. The van der Waals surface area contributed by atoms with Crippen LogP contribution in [0.1, 0.15) is 84.3 Å². The smallest absolute Gasteiger partial charge is 0.303 e. The Morgan fingerprint density at radius 3 is 2.27 bits per heavy atom. The molecule has 11 nitrogen and oxygen atoms in total. The molecule has 12 heteroatoms. The van der Waals surface area contributed by atoms with Crippen molar-refractivity contribution in [3.8, 4) is 0 Å². The second-order valence-corrected chi connectivity index (χ2v) is 16.4. The Hall–Kier alpha value is -4.55. The lowest BCUT2D eigenvalue weighted by Crippen LogP contribution is -2.50. The lowest BCUT2D eigenvalue weighted by atomic mass is 9.77. The molecule has 4 N–H and O–H groups in total. The Kier molecular flexibility index (Phi) is 11.3. The van der Waals surface area contributed by atoms with Gasteiger partial charge in [0.2, 0.25) is 11.6 Å². The number of amides is 1. The molecule has 1 amide bonds. The first-order valence-electron chi connectivity index (χ1n) is 18.0. The van der Waals surface area contributed by atoms with Crippen molar-refractivity contribution in [3.05, 3.63) is 94.4 Å². The minimum atomic E-state index is -4.64. The largest absolute Gasteiger partial charge is 0.481 e. The molecule has 0 saturated carbocycles. The third-order valence-electron chi connectivity index (χ3n) is 10.4. The summed E-state index contributed by atoms with van der Waals surface area (Å²) in [6.45, 7) is 11.4. The van der Waals surface area contributed by atoms with Crippen LogP contribution < -0.4 is 15.5 Å². The van der Waals surface area contributed by atoms with E-state index in [2.05, 4.69) is 68.4 Å². The topological polar surface area (TPSA) is 156 Å². The highest BCUT2D eigenvalue weighted by Crippen LogP contribution is 2.49. The summed E-state index contributed by atoms with van der Waals surface area (Å²) in [7, 11) is -2.70.